The smallest absolute Gasteiger partial charge is 0.123 e. The number of benzene rings is 2. The lowest BCUT2D eigenvalue weighted by atomic mass is 9.90. The highest BCUT2D eigenvalue weighted by Gasteiger charge is 2.21. The van der Waals surface area contributed by atoms with Gasteiger partial charge in [-0.3, -0.25) is 0 Å². The van der Waals surface area contributed by atoms with E-state index in [1.807, 2.05) is 24.3 Å². The van der Waals surface area contributed by atoms with Gasteiger partial charge in [-0.1, -0.05) is 24.3 Å². The normalized spacial score (nSPS) is 13.8. The van der Waals surface area contributed by atoms with Crippen molar-refractivity contribution in [3.05, 3.63) is 65.5 Å². The molecular formula is C17H19FO2. The van der Waals surface area contributed by atoms with Crippen molar-refractivity contribution in [3.63, 3.8) is 0 Å². The Balaban J connectivity index is 2.07. The molecule has 2 rings (SSSR count). The highest BCUT2D eigenvalue weighted by Crippen LogP contribution is 2.21. The topological polar surface area (TPSA) is 29.5 Å². The highest BCUT2D eigenvalue weighted by atomic mass is 19.1. The first-order valence-electron chi connectivity index (χ1n) is 6.58. The van der Waals surface area contributed by atoms with Crippen LogP contribution in [0.2, 0.25) is 0 Å². The first kappa shape index (κ1) is 14.5. The van der Waals surface area contributed by atoms with Crippen LogP contribution in [0, 0.1) is 5.82 Å². The third kappa shape index (κ3) is 4.07. The molecule has 2 aromatic rings. The van der Waals surface area contributed by atoms with Crippen molar-refractivity contribution in [3.8, 4) is 5.75 Å². The molecule has 0 saturated carbocycles. The van der Waals surface area contributed by atoms with E-state index in [0.29, 0.717) is 12.8 Å². The Morgan fingerprint density at radius 1 is 1.05 bits per heavy atom. The predicted octanol–water partition coefficient (Wildman–Crippen LogP) is 3.37. The zero-order valence-electron chi connectivity index (χ0n) is 11.8. The van der Waals surface area contributed by atoms with E-state index in [9.17, 15) is 9.50 Å². The molecule has 0 heterocycles. The Morgan fingerprint density at radius 2 is 1.70 bits per heavy atom. The maximum atomic E-state index is 12.9. The molecule has 0 aliphatic carbocycles. The minimum Gasteiger partial charge on any atom is -0.497 e. The maximum absolute atomic E-state index is 12.9. The van der Waals surface area contributed by atoms with Crippen molar-refractivity contribution in [1.29, 1.82) is 0 Å². The standard InChI is InChI=1S/C17H19FO2/c1-17(19,11-13-6-8-15(18)9-7-13)12-14-4-3-5-16(10-14)20-2/h3-10,19H,11-12H2,1-2H3. The molecule has 20 heavy (non-hydrogen) atoms. The van der Waals surface area contributed by atoms with Gasteiger partial charge in [-0.15, -0.1) is 0 Å². The maximum Gasteiger partial charge on any atom is 0.123 e. The Hall–Kier alpha value is -1.87. The van der Waals surface area contributed by atoms with Crippen molar-refractivity contribution < 1.29 is 14.2 Å². The van der Waals surface area contributed by atoms with Gasteiger partial charge in [0.15, 0.2) is 0 Å². The average molecular weight is 274 g/mol. The molecule has 0 amide bonds. The minimum absolute atomic E-state index is 0.263. The van der Waals surface area contributed by atoms with Crippen molar-refractivity contribution in [1.82, 2.24) is 0 Å². The highest BCUT2D eigenvalue weighted by molar-refractivity contribution is 5.30. The van der Waals surface area contributed by atoms with E-state index in [1.54, 1.807) is 26.2 Å². The number of hydrogen-bond acceptors (Lipinski definition) is 2. The fourth-order valence-corrected chi connectivity index (χ4v) is 2.33. The summed E-state index contributed by atoms with van der Waals surface area (Å²) in [7, 11) is 1.62. The van der Waals surface area contributed by atoms with Gasteiger partial charge in [-0.25, -0.2) is 4.39 Å². The van der Waals surface area contributed by atoms with Gasteiger partial charge in [0.25, 0.3) is 0 Å². The number of methoxy groups -OCH3 is 1. The fourth-order valence-electron chi connectivity index (χ4n) is 2.33. The minimum atomic E-state index is -0.885. The molecule has 0 fully saturated rings. The van der Waals surface area contributed by atoms with E-state index in [-0.39, 0.29) is 5.82 Å². The summed E-state index contributed by atoms with van der Waals surface area (Å²) in [5, 5.41) is 10.5. The van der Waals surface area contributed by atoms with Crippen LogP contribution in [0.3, 0.4) is 0 Å². The van der Waals surface area contributed by atoms with Gasteiger partial charge in [0, 0.05) is 12.8 Å². The van der Waals surface area contributed by atoms with Gasteiger partial charge in [-0.05, 0) is 42.3 Å². The second-order valence-electron chi connectivity index (χ2n) is 5.33. The first-order valence-corrected chi connectivity index (χ1v) is 6.58. The summed E-state index contributed by atoms with van der Waals surface area (Å²) in [6.07, 6.45) is 0.992. The van der Waals surface area contributed by atoms with E-state index in [4.69, 9.17) is 4.74 Å². The lowest BCUT2D eigenvalue weighted by Gasteiger charge is -2.23. The predicted molar refractivity (Wildman–Crippen MR) is 77.4 cm³/mol. The molecule has 0 aliphatic heterocycles. The molecule has 1 N–H and O–H groups in total. The Morgan fingerprint density at radius 3 is 2.35 bits per heavy atom. The average Bonchev–Trinajstić information content (AvgIpc) is 2.41. The molecule has 0 spiro atoms. The number of halogens is 1. The van der Waals surface area contributed by atoms with Crippen LogP contribution in [0.5, 0.6) is 5.75 Å². The molecule has 0 bridgehead atoms. The fraction of sp³-hybridized carbons (Fsp3) is 0.294. The van der Waals surface area contributed by atoms with Crippen LogP contribution in [0.4, 0.5) is 4.39 Å². The summed E-state index contributed by atoms with van der Waals surface area (Å²) < 4.78 is 18.1. The number of hydrogen-bond donors (Lipinski definition) is 1. The SMILES string of the molecule is COc1cccc(CC(C)(O)Cc2ccc(F)cc2)c1. The summed E-state index contributed by atoms with van der Waals surface area (Å²) >= 11 is 0. The van der Waals surface area contributed by atoms with Gasteiger partial charge in [-0.2, -0.15) is 0 Å². The summed E-state index contributed by atoms with van der Waals surface area (Å²) in [6, 6.07) is 13.9. The molecule has 0 aliphatic rings. The van der Waals surface area contributed by atoms with Crippen LogP contribution in [-0.2, 0) is 12.8 Å². The number of aliphatic hydroxyl groups is 1. The molecule has 1 unspecified atom stereocenters. The van der Waals surface area contributed by atoms with Crippen molar-refractivity contribution in [2.45, 2.75) is 25.4 Å². The summed E-state index contributed by atoms with van der Waals surface area (Å²) in [5.74, 6) is 0.515. The lowest BCUT2D eigenvalue weighted by molar-refractivity contribution is 0.0608. The monoisotopic (exact) mass is 274 g/mol. The van der Waals surface area contributed by atoms with Gasteiger partial charge in [0.05, 0.1) is 12.7 Å². The van der Waals surface area contributed by atoms with E-state index >= 15 is 0 Å². The van der Waals surface area contributed by atoms with E-state index < -0.39 is 5.60 Å². The zero-order chi connectivity index (χ0) is 14.6. The van der Waals surface area contributed by atoms with Crippen molar-refractivity contribution >= 4 is 0 Å². The van der Waals surface area contributed by atoms with E-state index in [1.165, 1.54) is 12.1 Å². The largest absolute Gasteiger partial charge is 0.497 e. The third-order valence-electron chi connectivity index (χ3n) is 3.22. The molecule has 0 radical (unpaired) electrons. The van der Waals surface area contributed by atoms with Gasteiger partial charge >= 0.3 is 0 Å². The van der Waals surface area contributed by atoms with Crippen LogP contribution in [0.1, 0.15) is 18.1 Å². The van der Waals surface area contributed by atoms with Gasteiger partial charge in [0.1, 0.15) is 11.6 Å². The molecular weight excluding hydrogens is 255 g/mol. The Bertz CT molecular complexity index is 561. The number of ether oxygens (including phenoxy) is 1. The van der Waals surface area contributed by atoms with Gasteiger partial charge in [0.2, 0.25) is 0 Å². The van der Waals surface area contributed by atoms with Crippen LogP contribution in [0.25, 0.3) is 0 Å². The second-order valence-corrected chi connectivity index (χ2v) is 5.33. The first-order chi connectivity index (χ1) is 9.48. The molecule has 106 valence electrons. The van der Waals surface area contributed by atoms with Crippen molar-refractivity contribution in [2.24, 2.45) is 0 Å². The Labute approximate surface area is 118 Å². The quantitative estimate of drug-likeness (QED) is 0.905. The lowest BCUT2D eigenvalue weighted by Crippen LogP contribution is -2.30. The van der Waals surface area contributed by atoms with Crippen LogP contribution in [-0.4, -0.2) is 17.8 Å². The van der Waals surface area contributed by atoms with E-state index in [0.717, 1.165) is 16.9 Å². The molecule has 2 nitrogen and oxygen atoms in total. The summed E-state index contributed by atoms with van der Waals surface area (Å²) in [4.78, 5) is 0. The molecule has 0 aromatic heterocycles. The van der Waals surface area contributed by atoms with E-state index in [2.05, 4.69) is 0 Å². The van der Waals surface area contributed by atoms with Crippen LogP contribution >= 0.6 is 0 Å². The van der Waals surface area contributed by atoms with Crippen molar-refractivity contribution in [2.75, 3.05) is 7.11 Å². The zero-order valence-corrected chi connectivity index (χ0v) is 11.8. The Kier molecular flexibility index (Phi) is 4.40. The third-order valence-corrected chi connectivity index (χ3v) is 3.22. The second kappa shape index (κ2) is 6.06. The molecule has 1 atom stereocenters. The van der Waals surface area contributed by atoms with Crippen LogP contribution < -0.4 is 4.74 Å². The molecule has 2 aromatic carbocycles. The molecule has 3 heteroatoms. The summed E-state index contributed by atoms with van der Waals surface area (Å²) in [6.45, 7) is 1.79. The van der Waals surface area contributed by atoms with Gasteiger partial charge < -0.3 is 9.84 Å². The molecule has 0 saturated heterocycles. The van der Waals surface area contributed by atoms with Crippen LogP contribution in [0.15, 0.2) is 48.5 Å². The number of rotatable bonds is 5. The summed E-state index contributed by atoms with van der Waals surface area (Å²) in [5.41, 5.74) is 1.04.